The first-order valence-electron chi connectivity index (χ1n) is 4.47. The summed E-state index contributed by atoms with van der Waals surface area (Å²) in [7, 11) is 0. The van der Waals surface area contributed by atoms with Gasteiger partial charge in [-0.3, -0.25) is 0 Å². The van der Waals surface area contributed by atoms with Crippen LogP contribution in [0.2, 0.25) is 10.0 Å². The van der Waals surface area contributed by atoms with E-state index >= 15 is 0 Å². The predicted octanol–water partition coefficient (Wildman–Crippen LogP) is 3.95. The number of carbonyl (C=O) groups excluding carboxylic acids is 1. The lowest BCUT2D eigenvalue weighted by Gasteiger charge is -2.19. The van der Waals surface area contributed by atoms with E-state index in [9.17, 15) is 4.79 Å². The van der Waals surface area contributed by atoms with Gasteiger partial charge in [-0.05, 0) is 39.0 Å². The number of rotatable bonds is 1. The first kappa shape index (κ1) is 12.3. The van der Waals surface area contributed by atoms with Crippen LogP contribution in [0.4, 0.5) is 0 Å². The van der Waals surface area contributed by atoms with Gasteiger partial charge in [0.2, 0.25) is 0 Å². The molecule has 0 N–H and O–H groups in total. The molecular formula is C11H12Cl2O2. The Bertz CT molecular complexity index is 360. The minimum atomic E-state index is -0.522. The third-order valence-corrected chi connectivity index (χ3v) is 1.93. The molecule has 82 valence electrons. The van der Waals surface area contributed by atoms with Crippen molar-refractivity contribution >= 4 is 29.2 Å². The normalized spacial score (nSPS) is 11.3. The molecule has 0 aliphatic rings. The zero-order chi connectivity index (χ0) is 11.6. The molecule has 0 aliphatic heterocycles. The average Bonchev–Trinajstić information content (AvgIpc) is 1.98. The minimum absolute atomic E-state index is 0.363. The van der Waals surface area contributed by atoms with Crippen molar-refractivity contribution in [2.45, 2.75) is 26.4 Å². The van der Waals surface area contributed by atoms with E-state index in [0.717, 1.165) is 0 Å². The zero-order valence-corrected chi connectivity index (χ0v) is 10.3. The number of esters is 1. The molecule has 1 aromatic carbocycles. The smallest absolute Gasteiger partial charge is 0.338 e. The molecule has 15 heavy (non-hydrogen) atoms. The maximum Gasteiger partial charge on any atom is 0.338 e. The molecule has 0 bridgehead atoms. The van der Waals surface area contributed by atoms with Gasteiger partial charge in [-0.1, -0.05) is 23.2 Å². The van der Waals surface area contributed by atoms with Gasteiger partial charge in [-0.15, -0.1) is 0 Å². The Morgan fingerprint density at radius 3 is 2.00 bits per heavy atom. The second kappa shape index (κ2) is 4.42. The van der Waals surface area contributed by atoms with Crippen molar-refractivity contribution < 1.29 is 9.53 Å². The topological polar surface area (TPSA) is 26.3 Å². The van der Waals surface area contributed by atoms with Crippen LogP contribution in [0.25, 0.3) is 0 Å². The van der Waals surface area contributed by atoms with Crippen molar-refractivity contribution in [3.63, 3.8) is 0 Å². The fourth-order valence-electron chi connectivity index (χ4n) is 1.01. The molecule has 0 fully saturated rings. The van der Waals surface area contributed by atoms with Crippen LogP contribution >= 0.6 is 23.2 Å². The molecule has 0 aromatic heterocycles. The van der Waals surface area contributed by atoms with Crippen LogP contribution in [0.15, 0.2) is 18.2 Å². The van der Waals surface area contributed by atoms with E-state index in [1.807, 2.05) is 0 Å². The van der Waals surface area contributed by atoms with E-state index < -0.39 is 11.6 Å². The van der Waals surface area contributed by atoms with Crippen LogP contribution in [-0.4, -0.2) is 11.6 Å². The molecule has 0 heterocycles. The molecule has 0 saturated carbocycles. The zero-order valence-electron chi connectivity index (χ0n) is 8.80. The van der Waals surface area contributed by atoms with Crippen molar-refractivity contribution in [2.24, 2.45) is 0 Å². The highest BCUT2D eigenvalue weighted by atomic mass is 35.5. The largest absolute Gasteiger partial charge is 0.456 e. The highest BCUT2D eigenvalue weighted by Crippen LogP contribution is 2.21. The Balaban J connectivity index is 2.92. The Morgan fingerprint density at radius 1 is 1.13 bits per heavy atom. The number of hydrogen-bond acceptors (Lipinski definition) is 2. The molecule has 4 heteroatoms. The van der Waals surface area contributed by atoms with Gasteiger partial charge < -0.3 is 4.74 Å². The van der Waals surface area contributed by atoms with Gasteiger partial charge in [-0.2, -0.15) is 0 Å². The summed E-state index contributed by atoms with van der Waals surface area (Å²) in [6.45, 7) is 5.41. The first-order chi connectivity index (χ1) is 6.78. The Kier molecular flexibility index (Phi) is 3.63. The fourth-order valence-corrected chi connectivity index (χ4v) is 1.53. The molecule has 0 saturated heterocycles. The van der Waals surface area contributed by atoms with Gasteiger partial charge in [0, 0.05) is 10.0 Å². The number of carbonyl (C=O) groups is 1. The van der Waals surface area contributed by atoms with E-state index in [2.05, 4.69) is 0 Å². The summed E-state index contributed by atoms with van der Waals surface area (Å²) < 4.78 is 5.18. The highest BCUT2D eigenvalue weighted by molar-refractivity contribution is 6.35. The van der Waals surface area contributed by atoms with Gasteiger partial charge in [0.25, 0.3) is 0 Å². The number of halogens is 2. The Hall–Kier alpha value is -0.730. The lowest BCUT2D eigenvalue weighted by Crippen LogP contribution is -2.23. The third kappa shape index (κ3) is 4.10. The maximum absolute atomic E-state index is 11.6. The average molecular weight is 247 g/mol. The monoisotopic (exact) mass is 246 g/mol. The molecule has 2 nitrogen and oxygen atoms in total. The lowest BCUT2D eigenvalue weighted by atomic mass is 10.1. The van der Waals surface area contributed by atoms with Crippen molar-refractivity contribution in [3.05, 3.63) is 33.8 Å². The summed E-state index contributed by atoms with van der Waals surface area (Å²) in [6, 6.07) is 4.62. The molecule has 0 unspecified atom stereocenters. The fraction of sp³-hybridized carbons (Fsp3) is 0.364. The maximum atomic E-state index is 11.6. The SMILES string of the molecule is CC(C)(C)OC(=O)c1cc(Cl)cc(Cl)c1. The van der Waals surface area contributed by atoms with Crippen LogP contribution in [0.1, 0.15) is 31.1 Å². The summed E-state index contributed by atoms with van der Waals surface area (Å²) in [4.78, 5) is 11.6. The van der Waals surface area contributed by atoms with E-state index in [0.29, 0.717) is 15.6 Å². The van der Waals surface area contributed by atoms with Crippen LogP contribution in [0, 0.1) is 0 Å². The summed E-state index contributed by atoms with van der Waals surface area (Å²) in [6.07, 6.45) is 0. The number of ether oxygens (including phenoxy) is 1. The van der Waals surface area contributed by atoms with Crippen molar-refractivity contribution in [1.82, 2.24) is 0 Å². The Morgan fingerprint density at radius 2 is 1.60 bits per heavy atom. The van der Waals surface area contributed by atoms with Gasteiger partial charge in [-0.25, -0.2) is 4.79 Å². The molecule has 0 aliphatic carbocycles. The van der Waals surface area contributed by atoms with Gasteiger partial charge in [0.15, 0.2) is 0 Å². The molecule has 0 spiro atoms. The number of benzene rings is 1. The summed E-state index contributed by atoms with van der Waals surface area (Å²) in [5.74, 6) is -0.424. The van der Waals surface area contributed by atoms with E-state index in [1.54, 1.807) is 26.8 Å². The minimum Gasteiger partial charge on any atom is -0.456 e. The van der Waals surface area contributed by atoms with Crippen LogP contribution in [0.3, 0.4) is 0 Å². The second-order valence-electron chi connectivity index (χ2n) is 4.16. The summed E-state index contributed by atoms with van der Waals surface area (Å²) in [5.41, 5.74) is -0.159. The summed E-state index contributed by atoms with van der Waals surface area (Å²) >= 11 is 11.5. The van der Waals surface area contributed by atoms with Gasteiger partial charge in [0.1, 0.15) is 5.60 Å². The van der Waals surface area contributed by atoms with Gasteiger partial charge >= 0.3 is 5.97 Å². The van der Waals surface area contributed by atoms with Crippen molar-refractivity contribution in [1.29, 1.82) is 0 Å². The third-order valence-electron chi connectivity index (χ3n) is 1.50. The highest BCUT2D eigenvalue weighted by Gasteiger charge is 2.18. The predicted molar refractivity (Wildman–Crippen MR) is 61.6 cm³/mol. The summed E-state index contributed by atoms with van der Waals surface area (Å²) in [5, 5.41) is 0.840. The molecule has 1 aromatic rings. The second-order valence-corrected chi connectivity index (χ2v) is 5.03. The lowest BCUT2D eigenvalue weighted by molar-refractivity contribution is 0.00695. The van der Waals surface area contributed by atoms with Crippen LogP contribution < -0.4 is 0 Å². The van der Waals surface area contributed by atoms with E-state index in [-0.39, 0.29) is 0 Å². The van der Waals surface area contributed by atoms with E-state index in [4.69, 9.17) is 27.9 Å². The standard InChI is InChI=1S/C11H12Cl2O2/c1-11(2,3)15-10(14)7-4-8(12)6-9(13)5-7/h4-6H,1-3H3. The quantitative estimate of drug-likeness (QED) is 0.702. The van der Waals surface area contributed by atoms with Crippen molar-refractivity contribution in [3.8, 4) is 0 Å². The molecule has 0 amide bonds. The first-order valence-corrected chi connectivity index (χ1v) is 5.23. The molecule has 0 radical (unpaired) electrons. The van der Waals surface area contributed by atoms with Crippen LogP contribution in [-0.2, 0) is 4.74 Å². The molecular weight excluding hydrogens is 235 g/mol. The van der Waals surface area contributed by atoms with E-state index in [1.165, 1.54) is 12.1 Å². The van der Waals surface area contributed by atoms with Crippen LogP contribution in [0.5, 0.6) is 0 Å². The Labute approximate surface area is 99.1 Å². The van der Waals surface area contributed by atoms with Crippen molar-refractivity contribution in [2.75, 3.05) is 0 Å². The number of hydrogen-bond donors (Lipinski definition) is 0. The van der Waals surface area contributed by atoms with Gasteiger partial charge in [0.05, 0.1) is 5.56 Å². The molecule has 0 atom stereocenters. The molecule has 1 rings (SSSR count).